The number of carbonyl (C=O) groups excluding carboxylic acids is 2. The molecule has 0 radical (unpaired) electrons. The Hall–Kier alpha value is -2.59. The van der Waals surface area contributed by atoms with Gasteiger partial charge in [-0.25, -0.2) is 0 Å². The van der Waals surface area contributed by atoms with Crippen molar-refractivity contribution in [3.8, 4) is 0 Å². The van der Waals surface area contributed by atoms with E-state index in [0.29, 0.717) is 39.3 Å². The molecule has 1 aromatic carbocycles. The molecule has 0 spiro atoms. The lowest BCUT2D eigenvalue weighted by Gasteiger charge is -2.12. The van der Waals surface area contributed by atoms with Crippen molar-refractivity contribution in [2.75, 3.05) is 12.3 Å². The highest BCUT2D eigenvalue weighted by Crippen LogP contribution is 2.23. The molecule has 0 fully saturated rings. The van der Waals surface area contributed by atoms with Crippen LogP contribution in [0.3, 0.4) is 0 Å². The molecule has 0 atom stereocenters. The second-order valence-corrected chi connectivity index (χ2v) is 9.91. The Morgan fingerprint density at radius 1 is 1.15 bits per heavy atom. The number of carbonyl (C=O) groups is 2. The molecule has 0 saturated heterocycles. The van der Waals surface area contributed by atoms with E-state index in [-0.39, 0.29) is 42.1 Å². The molecule has 2 aromatic heterocycles. The summed E-state index contributed by atoms with van der Waals surface area (Å²) in [6.07, 6.45) is 1.03. The lowest BCUT2D eigenvalue weighted by Crippen LogP contribution is -2.32. The van der Waals surface area contributed by atoms with Gasteiger partial charge in [-0.1, -0.05) is 37.2 Å². The summed E-state index contributed by atoms with van der Waals surface area (Å²) < 4.78 is 3.16. The van der Waals surface area contributed by atoms with E-state index in [1.807, 2.05) is 13.8 Å². The fraction of sp³-hybridized carbons (Fsp3) is 0.500. The minimum Gasteiger partial charge on any atom is -0.355 e. The van der Waals surface area contributed by atoms with Crippen LogP contribution in [-0.4, -0.2) is 49.3 Å². The van der Waals surface area contributed by atoms with Crippen LogP contribution in [0.15, 0.2) is 28.2 Å². The zero-order valence-corrected chi connectivity index (χ0v) is 20.8. The van der Waals surface area contributed by atoms with E-state index >= 15 is 0 Å². The smallest absolute Gasteiger partial charge is 0.262 e. The highest BCUT2D eigenvalue weighted by atomic mass is 35.5. The highest BCUT2D eigenvalue weighted by molar-refractivity contribution is 7.99. The largest absolute Gasteiger partial charge is 0.355 e. The van der Waals surface area contributed by atoms with Crippen molar-refractivity contribution in [1.29, 1.82) is 0 Å². The molecule has 0 aliphatic heterocycles. The number of thioether (sulfide) groups is 1. The Morgan fingerprint density at radius 2 is 1.91 bits per heavy atom. The third kappa shape index (κ3) is 6.26. The monoisotopic (exact) mass is 492 g/mol. The first-order valence-corrected chi connectivity index (χ1v) is 12.3. The second-order valence-electron chi connectivity index (χ2n) is 8.53. The number of amides is 2. The SMILES string of the molecule is CC(C)CCNC(=O)CSc1nnc2n(CCC(=O)NC(C)C)c(=O)c3cc(Cl)ccc3n12. The number of rotatable bonds is 10. The second kappa shape index (κ2) is 11.0. The normalized spacial score (nSPS) is 11.6. The van der Waals surface area contributed by atoms with Crippen LogP contribution in [0.2, 0.25) is 5.02 Å². The van der Waals surface area contributed by atoms with Gasteiger partial charge in [0.15, 0.2) is 5.16 Å². The zero-order chi connectivity index (χ0) is 24.1. The van der Waals surface area contributed by atoms with Gasteiger partial charge in [-0.2, -0.15) is 0 Å². The molecule has 0 aliphatic rings. The first-order valence-electron chi connectivity index (χ1n) is 10.9. The van der Waals surface area contributed by atoms with E-state index in [1.54, 1.807) is 22.6 Å². The van der Waals surface area contributed by atoms with Crippen molar-refractivity contribution in [3.05, 3.63) is 33.6 Å². The van der Waals surface area contributed by atoms with Crippen LogP contribution in [0.1, 0.15) is 40.5 Å². The van der Waals surface area contributed by atoms with Crippen molar-refractivity contribution in [2.45, 2.75) is 58.3 Å². The number of fused-ring (bicyclic) bond motifs is 3. The van der Waals surface area contributed by atoms with E-state index in [4.69, 9.17) is 11.6 Å². The first-order chi connectivity index (χ1) is 15.7. The summed E-state index contributed by atoms with van der Waals surface area (Å²) in [6.45, 7) is 8.72. The summed E-state index contributed by atoms with van der Waals surface area (Å²) in [7, 11) is 0. The van der Waals surface area contributed by atoms with Gasteiger partial charge in [-0.15, -0.1) is 10.2 Å². The Balaban J connectivity index is 1.93. The standard InChI is InChI=1S/C22H29ClN6O3S/c1-13(2)7-9-24-19(31)12-33-22-27-26-21-28(10-8-18(30)25-14(3)4)20(32)16-11-15(23)5-6-17(16)29(21)22/h5-6,11,13-14H,7-10,12H2,1-4H3,(H,24,31)(H,25,30). The number of hydrogen-bond donors (Lipinski definition) is 2. The number of aromatic nitrogens is 4. The van der Waals surface area contributed by atoms with Crippen molar-refractivity contribution in [1.82, 2.24) is 29.8 Å². The van der Waals surface area contributed by atoms with E-state index in [1.165, 1.54) is 16.3 Å². The van der Waals surface area contributed by atoms with Crippen LogP contribution in [0.4, 0.5) is 0 Å². The van der Waals surface area contributed by atoms with Gasteiger partial charge in [-0.3, -0.25) is 23.4 Å². The summed E-state index contributed by atoms with van der Waals surface area (Å²) in [5.41, 5.74) is 0.294. The van der Waals surface area contributed by atoms with Crippen molar-refractivity contribution >= 4 is 51.9 Å². The van der Waals surface area contributed by atoms with Crippen LogP contribution in [0.5, 0.6) is 0 Å². The van der Waals surface area contributed by atoms with Gasteiger partial charge in [0, 0.05) is 30.6 Å². The number of nitrogens with zero attached hydrogens (tertiary/aromatic N) is 4. The third-order valence-corrected chi connectivity index (χ3v) is 6.09. The van der Waals surface area contributed by atoms with Gasteiger partial charge in [0.25, 0.3) is 5.56 Å². The maximum Gasteiger partial charge on any atom is 0.262 e. The quantitative estimate of drug-likeness (QED) is 0.421. The summed E-state index contributed by atoms with van der Waals surface area (Å²) in [5.74, 6) is 0.742. The summed E-state index contributed by atoms with van der Waals surface area (Å²) in [6, 6.07) is 5.03. The van der Waals surface area contributed by atoms with Crippen LogP contribution in [0, 0.1) is 5.92 Å². The van der Waals surface area contributed by atoms with Gasteiger partial charge < -0.3 is 10.6 Å². The Bertz CT molecular complexity index is 1220. The molecule has 3 rings (SSSR count). The van der Waals surface area contributed by atoms with Crippen molar-refractivity contribution in [3.63, 3.8) is 0 Å². The van der Waals surface area contributed by atoms with Crippen molar-refractivity contribution < 1.29 is 9.59 Å². The summed E-state index contributed by atoms with van der Waals surface area (Å²) >= 11 is 7.39. The Kier molecular flexibility index (Phi) is 8.36. The molecule has 33 heavy (non-hydrogen) atoms. The predicted molar refractivity (Wildman–Crippen MR) is 131 cm³/mol. The molecule has 0 bridgehead atoms. The minimum atomic E-state index is -0.298. The van der Waals surface area contributed by atoms with Crippen LogP contribution < -0.4 is 16.2 Å². The van der Waals surface area contributed by atoms with E-state index < -0.39 is 0 Å². The van der Waals surface area contributed by atoms with Gasteiger partial charge in [0.05, 0.1) is 16.7 Å². The molecule has 0 aliphatic carbocycles. The van der Waals surface area contributed by atoms with Gasteiger partial charge in [0.1, 0.15) is 0 Å². The molecular weight excluding hydrogens is 464 g/mol. The van der Waals surface area contributed by atoms with Gasteiger partial charge >= 0.3 is 0 Å². The summed E-state index contributed by atoms with van der Waals surface area (Å²) in [5, 5.41) is 15.5. The molecule has 178 valence electrons. The fourth-order valence-corrected chi connectivity index (χ4v) is 4.28. The highest BCUT2D eigenvalue weighted by Gasteiger charge is 2.19. The molecule has 0 saturated carbocycles. The Morgan fingerprint density at radius 3 is 2.61 bits per heavy atom. The minimum absolute atomic E-state index is 0.00688. The fourth-order valence-electron chi connectivity index (χ4n) is 3.34. The van der Waals surface area contributed by atoms with E-state index in [9.17, 15) is 14.4 Å². The predicted octanol–water partition coefficient (Wildman–Crippen LogP) is 2.87. The summed E-state index contributed by atoms with van der Waals surface area (Å²) in [4.78, 5) is 37.6. The first kappa shape index (κ1) is 25.0. The van der Waals surface area contributed by atoms with E-state index in [2.05, 4.69) is 34.7 Å². The third-order valence-electron chi connectivity index (χ3n) is 4.92. The molecule has 9 nitrogen and oxygen atoms in total. The van der Waals surface area contributed by atoms with Crippen molar-refractivity contribution in [2.24, 2.45) is 5.92 Å². The topological polar surface area (TPSA) is 110 Å². The molecule has 0 unspecified atom stereocenters. The molecular formula is C22H29ClN6O3S. The number of aryl methyl sites for hydroxylation is 1. The lowest BCUT2D eigenvalue weighted by atomic mass is 10.1. The lowest BCUT2D eigenvalue weighted by molar-refractivity contribution is -0.122. The van der Waals surface area contributed by atoms with Crippen LogP contribution >= 0.6 is 23.4 Å². The molecule has 2 N–H and O–H groups in total. The zero-order valence-electron chi connectivity index (χ0n) is 19.2. The van der Waals surface area contributed by atoms with Gasteiger partial charge in [0.2, 0.25) is 17.6 Å². The number of hydrogen-bond acceptors (Lipinski definition) is 6. The molecule has 2 amide bonds. The maximum absolute atomic E-state index is 13.2. The average Bonchev–Trinajstić information content (AvgIpc) is 3.15. The Labute approximate surface area is 201 Å². The van der Waals surface area contributed by atoms with E-state index in [0.717, 1.165) is 6.42 Å². The molecule has 2 heterocycles. The number of nitrogens with one attached hydrogen (secondary N) is 2. The van der Waals surface area contributed by atoms with Crippen LogP contribution in [0.25, 0.3) is 16.7 Å². The maximum atomic E-state index is 13.2. The van der Waals surface area contributed by atoms with Gasteiger partial charge in [-0.05, 0) is 44.4 Å². The average molecular weight is 493 g/mol. The van der Waals surface area contributed by atoms with Crippen LogP contribution in [-0.2, 0) is 16.1 Å². The molecule has 3 aromatic rings. The number of benzene rings is 1. The molecule has 11 heteroatoms. The number of halogens is 1.